The zero-order chi connectivity index (χ0) is 11.1. The summed E-state index contributed by atoms with van der Waals surface area (Å²) in [4.78, 5) is 21.5. The van der Waals surface area contributed by atoms with Crippen LogP contribution in [0.2, 0.25) is 0 Å². The van der Waals surface area contributed by atoms with Gasteiger partial charge in [-0.25, -0.2) is 4.79 Å². The van der Waals surface area contributed by atoms with Gasteiger partial charge in [-0.1, -0.05) is 27.1 Å². The van der Waals surface area contributed by atoms with E-state index in [1.54, 1.807) is 0 Å². The van der Waals surface area contributed by atoms with E-state index in [1.807, 2.05) is 0 Å². The van der Waals surface area contributed by atoms with Crippen molar-refractivity contribution in [2.45, 2.75) is 12.5 Å². The second-order valence-electron chi connectivity index (χ2n) is 2.66. The van der Waals surface area contributed by atoms with Crippen LogP contribution in [0.15, 0.2) is 0 Å². The Kier molecular flexibility index (Phi) is 6.94. The molecule has 0 aliphatic carbocycles. The lowest BCUT2D eigenvalue weighted by Crippen LogP contribution is -2.42. The van der Waals surface area contributed by atoms with E-state index in [0.717, 1.165) is 0 Å². The number of carbonyl (C=O) groups is 2. The largest absolute Gasteiger partial charge is 0.617 e. The average Bonchev–Trinajstić information content (AvgIpc) is 2.10. The Balaban J connectivity index is 4.03. The van der Waals surface area contributed by atoms with Crippen molar-refractivity contribution >= 4 is 39.0 Å². The Labute approximate surface area is 93.6 Å². The maximum Gasteiger partial charge on any atom is 0.326 e. The van der Waals surface area contributed by atoms with Gasteiger partial charge in [-0.15, -0.1) is 0 Å². The molecular formula is C7H12BrNO4S. The summed E-state index contributed by atoms with van der Waals surface area (Å²) in [5.41, 5.74) is 0. The monoisotopic (exact) mass is 285 g/mol. The molecule has 1 unspecified atom stereocenters. The summed E-state index contributed by atoms with van der Waals surface area (Å²) >= 11 is 1.86. The lowest BCUT2D eigenvalue weighted by molar-refractivity contribution is -0.141. The maximum atomic E-state index is 10.9. The number of aliphatic carboxylic acids is 1. The third-order valence-electron chi connectivity index (χ3n) is 1.45. The smallest absolute Gasteiger partial charge is 0.326 e. The quantitative estimate of drug-likeness (QED) is 0.519. The number of alkyl halides is 1. The van der Waals surface area contributed by atoms with E-state index in [0.29, 0.717) is 0 Å². The molecule has 14 heavy (non-hydrogen) atoms. The molecule has 82 valence electrons. The van der Waals surface area contributed by atoms with Gasteiger partial charge in [0.15, 0.2) is 0 Å². The molecule has 0 bridgehead atoms. The van der Waals surface area contributed by atoms with Crippen molar-refractivity contribution in [3.8, 4) is 0 Å². The Morgan fingerprint density at radius 3 is 2.57 bits per heavy atom. The minimum Gasteiger partial charge on any atom is -0.617 e. The van der Waals surface area contributed by atoms with Crippen LogP contribution in [0.25, 0.3) is 0 Å². The topological polar surface area (TPSA) is 89.5 Å². The summed E-state index contributed by atoms with van der Waals surface area (Å²) in [5, 5.41) is 11.1. The van der Waals surface area contributed by atoms with Gasteiger partial charge in [0.05, 0.1) is 11.6 Å². The second kappa shape index (κ2) is 7.08. The van der Waals surface area contributed by atoms with Crippen LogP contribution in [0.4, 0.5) is 0 Å². The first kappa shape index (κ1) is 13.7. The number of nitrogens with one attached hydrogen (secondary N) is 1. The van der Waals surface area contributed by atoms with E-state index >= 15 is 0 Å². The molecule has 0 saturated carbocycles. The van der Waals surface area contributed by atoms with Crippen molar-refractivity contribution in [1.82, 2.24) is 5.32 Å². The fourth-order valence-corrected chi connectivity index (χ4v) is 1.50. The number of hydrogen-bond acceptors (Lipinski definition) is 3. The molecule has 0 aromatic rings. The predicted molar refractivity (Wildman–Crippen MR) is 56.9 cm³/mol. The predicted octanol–water partition coefficient (Wildman–Crippen LogP) is -0.281. The fraction of sp³-hybridized carbons (Fsp3) is 0.714. The highest BCUT2D eigenvalue weighted by Gasteiger charge is 2.20. The van der Waals surface area contributed by atoms with Crippen LogP contribution in [0.5, 0.6) is 0 Å². The van der Waals surface area contributed by atoms with Gasteiger partial charge in [-0.3, -0.25) is 4.79 Å². The zero-order valence-electron chi connectivity index (χ0n) is 7.66. The molecule has 0 aliphatic rings. The molecule has 0 aliphatic heterocycles. The van der Waals surface area contributed by atoms with Gasteiger partial charge in [0, 0.05) is 6.42 Å². The molecule has 5 nitrogen and oxygen atoms in total. The van der Waals surface area contributed by atoms with Gasteiger partial charge in [0.1, 0.15) is 11.8 Å². The molecule has 0 rings (SSSR count). The van der Waals surface area contributed by atoms with Crippen molar-refractivity contribution in [1.29, 1.82) is 0 Å². The summed E-state index contributed by atoms with van der Waals surface area (Å²) < 4.78 is 10.7. The summed E-state index contributed by atoms with van der Waals surface area (Å²) in [6.45, 7) is 0. The Morgan fingerprint density at radius 2 is 2.21 bits per heavy atom. The molecule has 0 saturated heterocycles. The van der Waals surface area contributed by atoms with E-state index in [1.165, 1.54) is 6.26 Å². The van der Waals surface area contributed by atoms with Crippen LogP contribution < -0.4 is 5.32 Å². The summed E-state index contributed by atoms with van der Waals surface area (Å²) in [7, 11) is 0. The molecule has 7 heteroatoms. The minimum absolute atomic E-state index is 0.0615. The normalized spacial score (nSPS) is 14.5. The lowest BCUT2D eigenvalue weighted by Gasteiger charge is -2.13. The maximum absolute atomic E-state index is 10.9. The van der Waals surface area contributed by atoms with Crippen LogP contribution in [-0.2, 0) is 20.8 Å². The first-order chi connectivity index (χ1) is 6.47. The number of carboxylic acids is 1. The first-order valence-corrected chi connectivity index (χ1v) is 6.70. The molecule has 2 N–H and O–H groups in total. The second-order valence-corrected chi connectivity index (χ2v) is 4.77. The highest BCUT2D eigenvalue weighted by atomic mass is 79.9. The van der Waals surface area contributed by atoms with E-state index in [2.05, 4.69) is 21.2 Å². The van der Waals surface area contributed by atoms with Crippen LogP contribution in [-0.4, -0.2) is 44.9 Å². The van der Waals surface area contributed by atoms with Crippen LogP contribution in [0.1, 0.15) is 6.42 Å². The first-order valence-electron chi connectivity index (χ1n) is 3.85. The summed E-state index contributed by atoms with van der Waals surface area (Å²) in [6.07, 6.45) is 1.67. The highest BCUT2D eigenvalue weighted by Crippen LogP contribution is 1.97. The summed E-state index contributed by atoms with van der Waals surface area (Å²) in [6, 6.07) is -0.955. The standard InChI is InChI=1S/C7H12BrNO4S/c1-14(13)3-2-5(7(11)12)9-6(10)4-8/h5H,2-4H2,1H3,(H,9,10)(H,11,12)/t5-,14?/m0/s1. The summed E-state index contributed by atoms with van der Waals surface area (Å²) in [5.74, 6) is -1.23. The van der Waals surface area contributed by atoms with Crippen molar-refractivity contribution < 1.29 is 19.2 Å². The molecule has 0 fully saturated rings. The van der Waals surface area contributed by atoms with E-state index < -0.39 is 23.2 Å². The van der Waals surface area contributed by atoms with Crippen LogP contribution in [0.3, 0.4) is 0 Å². The molecular weight excluding hydrogens is 274 g/mol. The number of halogens is 1. The van der Waals surface area contributed by atoms with Gasteiger partial charge in [-0.05, 0) is 0 Å². The Morgan fingerprint density at radius 1 is 1.64 bits per heavy atom. The molecule has 0 aromatic heterocycles. The zero-order valence-corrected chi connectivity index (χ0v) is 10.1. The van der Waals surface area contributed by atoms with Gasteiger partial charge in [-0.2, -0.15) is 0 Å². The number of hydrogen-bond donors (Lipinski definition) is 2. The fourth-order valence-electron chi connectivity index (χ4n) is 0.774. The molecule has 1 amide bonds. The van der Waals surface area contributed by atoms with Crippen molar-refractivity contribution in [3.05, 3.63) is 0 Å². The van der Waals surface area contributed by atoms with E-state index in [-0.39, 0.29) is 23.4 Å². The minimum atomic E-state index is -1.11. The Bertz CT molecular complexity index is 212. The van der Waals surface area contributed by atoms with Gasteiger partial charge in [0.25, 0.3) is 0 Å². The van der Waals surface area contributed by atoms with Crippen molar-refractivity contribution in [2.24, 2.45) is 0 Å². The SMILES string of the molecule is C[S+]([O-])CC[C@H](NC(=O)CBr)C(=O)O. The molecule has 0 spiro atoms. The third kappa shape index (κ3) is 6.22. The lowest BCUT2D eigenvalue weighted by atomic mass is 10.2. The van der Waals surface area contributed by atoms with Gasteiger partial charge >= 0.3 is 5.97 Å². The van der Waals surface area contributed by atoms with E-state index in [4.69, 9.17) is 5.11 Å². The van der Waals surface area contributed by atoms with Crippen LogP contribution in [0, 0.1) is 0 Å². The molecule has 0 radical (unpaired) electrons. The van der Waals surface area contributed by atoms with E-state index in [9.17, 15) is 14.1 Å². The molecule has 0 heterocycles. The number of carboxylic acid groups (broad SMARTS) is 1. The molecule has 2 atom stereocenters. The molecule has 0 aromatic carbocycles. The highest BCUT2D eigenvalue weighted by molar-refractivity contribution is 9.09. The Hall–Kier alpha value is -0.270. The van der Waals surface area contributed by atoms with Crippen molar-refractivity contribution in [3.63, 3.8) is 0 Å². The van der Waals surface area contributed by atoms with Gasteiger partial charge in [0.2, 0.25) is 5.91 Å². The number of carbonyl (C=O) groups excluding carboxylic acids is 1. The van der Waals surface area contributed by atoms with Crippen LogP contribution >= 0.6 is 15.9 Å². The number of amides is 1. The third-order valence-corrected chi connectivity index (χ3v) is 2.77. The average molecular weight is 286 g/mol. The number of rotatable bonds is 6. The van der Waals surface area contributed by atoms with Crippen molar-refractivity contribution in [2.75, 3.05) is 17.3 Å². The van der Waals surface area contributed by atoms with Gasteiger partial charge < -0.3 is 15.0 Å².